The molecule has 0 amide bonds. The van der Waals surface area contributed by atoms with E-state index < -0.39 is 0 Å². The highest BCUT2D eigenvalue weighted by atomic mass is 16.5. The van der Waals surface area contributed by atoms with Crippen LogP contribution in [0.5, 0.6) is 0 Å². The molecule has 0 bridgehead atoms. The number of likely N-dealkylation sites (tertiary alicyclic amines) is 1. The standard InChI is InChI=1S/C12H23NO2/c1-4-5-11-6-7-13(8-11)9-12(14)15-10(2)3/h10-11H,4-9H2,1-3H3. The van der Waals surface area contributed by atoms with Crippen molar-refractivity contribution in [2.75, 3.05) is 19.6 Å². The Kier molecular flexibility index (Phi) is 5.09. The van der Waals surface area contributed by atoms with Crippen molar-refractivity contribution in [2.45, 2.75) is 46.1 Å². The van der Waals surface area contributed by atoms with Gasteiger partial charge >= 0.3 is 5.97 Å². The fraction of sp³-hybridized carbons (Fsp3) is 0.917. The third-order valence-corrected chi connectivity index (χ3v) is 2.79. The largest absolute Gasteiger partial charge is 0.462 e. The Bertz CT molecular complexity index is 204. The molecule has 0 aromatic carbocycles. The van der Waals surface area contributed by atoms with E-state index in [0.29, 0.717) is 6.54 Å². The van der Waals surface area contributed by atoms with Gasteiger partial charge in [0.25, 0.3) is 0 Å². The van der Waals surface area contributed by atoms with Crippen LogP contribution >= 0.6 is 0 Å². The number of hydrogen-bond donors (Lipinski definition) is 0. The van der Waals surface area contributed by atoms with Gasteiger partial charge in [-0.1, -0.05) is 13.3 Å². The number of nitrogens with zero attached hydrogens (tertiary/aromatic N) is 1. The van der Waals surface area contributed by atoms with E-state index in [-0.39, 0.29) is 12.1 Å². The lowest BCUT2D eigenvalue weighted by atomic mass is 10.0. The molecule has 1 aliphatic rings. The van der Waals surface area contributed by atoms with Crippen molar-refractivity contribution in [3.63, 3.8) is 0 Å². The Morgan fingerprint density at radius 2 is 2.27 bits per heavy atom. The molecule has 1 rings (SSSR count). The molecule has 0 aliphatic carbocycles. The molecule has 1 atom stereocenters. The van der Waals surface area contributed by atoms with Crippen molar-refractivity contribution < 1.29 is 9.53 Å². The summed E-state index contributed by atoms with van der Waals surface area (Å²) < 4.78 is 5.13. The summed E-state index contributed by atoms with van der Waals surface area (Å²) in [6.45, 7) is 8.59. The first kappa shape index (κ1) is 12.5. The van der Waals surface area contributed by atoms with Crippen LogP contribution in [0.25, 0.3) is 0 Å². The van der Waals surface area contributed by atoms with Crippen LogP contribution in [0, 0.1) is 5.92 Å². The van der Waals surface area contributed by atoms with E-state index in [1.165, 1.54) is 19.3 Å². The Morgan fingerprint density at radius 1 is 1.53 bits per heavy atom. The topological polar surface area (TPSA) is 29.5 Å². The van der Waals surface area contributed by atoms with Crippen LogP contribution in [0.15, 0.2) is 0 Å². The molecule has 88 valence electrons. The molecule has 0 radical (unpaired) electrons. The van der Waals surface area contributed by atoms with Crippen molar-refractivity contribution in [1.29, 1.82) is 0 Å². The summed E-state index contributed by atoms with van der Waals surface area (Å²) >= 11 is 0. The molecule has 0 saturated carbocycles. The van der Waals surface area contributed by atoms with Crippen molar-refractivity contribution in [1.82, 2.24) is 4.90 Å². The molecule has 15 heavy (non-hydrogen) atoms. The van der Waals surface area contributed by atoms with E-state index in [9.17, 15) is 4.79 Å². The SMILES string of the molecule is CCCC1CCN(CC(=O)OC(C)C)C1. The summed E-state index contributed by atoms with van der Waals surface area (Å²) in [5.41, 5.74) is 0. The number of carbonyl (C=O) groups is 1. The molecule has 1 fully saturated rings. The average Bonchev–Trinajstić information content (AvgIpc) is 2.51. The van der Waals surface area contributed by atoms with Crippen molar-refractivity contribution in [2.24, 2.45) is 5.92 Å². The fourth-order valence-corrected chi connectivity index (χ4v) is 2.18. The van der Waals surface area contributed by atoms with Crippen LogP contribution < -0.4 is 0 Å². The third-order valence-electron chi connectivity index (χ3n) is 2.79. The second kappa shape index (κ2) is 6.11. The average molecular weight is 213 g/mol. The molecule has 1 saturated heterocycles. The van der Waals surface area contributed by atoms with Crippen LogP contribution in [0.2, 0.25) is 0 Å². The van der Waals surface area contributed by atoms with Gasteiger partial charge in [0.2, 0.25) is 0 Å². The number of esters is 1. The summed E-state index contributed by atoms with van der Waals surface area (Å²) in [6.07, 6.45) is 3.78. The smallest absolute Gasteiger partial charge is 0.320 e. The summed E-state index contributed by atoms with van der Waals surface area (Å²) in [5, 5.41) is 0. The van der Waals surface area contributed by atoms with Gasteiger partial charge in [0.1, 0.15) is 0 Å². The van der Waals surface area contributed by atoms with E-state index in [1.54, 1.807) is 0 Å². The van der Waals surface area contributed by atoms with Gasteiger partial charge in [-0.25, -0.2) is 0 Å². The third kappa shape index (κ3) is 4.65. The number of rotatable bonds is 5. The predicted molar refractivity (Wildman–Crippen MR) is 60.7 cm³/mol. The molecule has 0 spiro atoms. The van der Waals surface area contributed by atoms with E-state index in [0.717, 1.165) is 19.0 Å². The van der Waals surface area contributed by atoms with Crippen molar-refractivity contribution >= 4 is 5.97 Å². The minimum atomic E-state index is -0.0813. The van der Waals surface area contributed by atoms with Gasteiger partial charge in [0, 0.05) is 6.54 Å². The zero-order valence-corrected chi connectivity index (χ0v) is 10.2. The van der Waals surface area contributed by atoms with Crippen molar-refractivity contribution in [3.8, 4) is 0 Å². The molecule has 0 aromatic heterocycles. The first-order chi connectivity index (χ1) is 7.11. The maximum atomic E-state index is 11.4. The number of hydrogen-bond acceptors (Lipinski definition) is 3. The minimum Gasteiger partial charge on any atom is -0.462 e. The Balaban J connectivity index is 2.20. The number of ether oxygens (including phenoxy) is 1. The Hall–Kier alpha value is -0.570. The lowest BCUT2D eigenvalue weighted by molar-refractivity contribution is -0.148. The van der Waals surface area contributed by atoms with Crippen LogP contribution in [-0.4, -0.2) is 36.6 Å². The van der Waals surface area contributed by atoms with E-state index in [4.69, 9.17) is 4.74 Å². The first-order valence-electron chi connectivity index (χ1n) is 6.03. The van der Waals surface area contributed by atoms with Crippen LogP contribution in [0.4, 0.5) is 0 Å². The first-order valence-corrected chi connectivity index (χ1v) is 6.03. The molecule has 1 heterocycles. The molecule has 1 aliphatic heterocycles. The molecule has 0 N–H and O–H groups in total. The zero-order chi connectivity index (χ0) is 11.3. The lowest BCUT2D eigenvalue weighted by Gasteiger charge is -2.16. The Morgan fingerprint density at radius 3 is 2.87 bits per heavy atom. The highest BCUT2D eigenvalue weighted by Gasteiger charge is 2.23. The molecular weight excluding hydrogens is 190 g/mol. The molecule has 3 nitrogen and oxygen atoms in total. The van der Waals surface area contributed by atoms with Gasteiger partial charge in [-0.05, 0) is 39.2 Å². The summed E-state index contributed by atoms with van der Waals surface area (Å²) in [7, 11) is 0. The second-order valence-electron chi connectivity index (χ2n) is 4.72. The van der Waals surface area contributed by atoms with E-state index in [1.807, 2.05) is 13.8 Å². The van der Waals surface area contributed by atoms with Gasteiger partial charge in [-0.15, -0.1) is 0 Å². The van der Waals surface area contributed by atoms with Crippen LogP contribution in [-0.2, 0) is 9.53 Å². The van der Waals surface area contributed by atoms with Gasteiger partial charge in [-0.3, -0.25) is 9.69 Å². The van der Waals surface area contributed by atoms with Crippen molar-refractivity contribution in [3.05, 3.63) is 0 Å². The van der Waals surface area contributed by atoms with E-state index in [2.05, 4.69) is 11.8 Å². The van der Waals surface area contributed by atoms with Gasteiger partial charge < -0.3 is 4.74 Å². The molecule has 3 heteroatoms. The number of carbonyl (C=O) groups excluding carboxylic acids is 1. The normalized spacial score (nSPS) is 22.3. The summed E-state index contributed by atoms with van der Waals surface area (Å²) in [6, 6.07) is 0. The highest BCUT2D eigenvalue weighted by molar-refractivity contribution is 5.71. The minimum absolute atomic E-state index is 0.00606. The second-order valence-corrected chi connectivity index (χ2v) is 4.72. The lowest BCUT2D eigenvalue weighted by Crippen LogP contribution is -2.30. The molecule has 1 unspecified atom stereocenters. The maximum Gasteiger partial charge on any atom is 0.320 e. The monoisotopic (exact) mass is 213 g/mol. The maximum absolute atomic E-state index is 11.4. The van der Waals surface area contributed by atoms with E-state index >= 15 is 0 Å². The Labute approximate surface area is 92.8 Å². The quantitative estimate of drug-likeness (QED) is 0.655. The molecular formula is C12H23NO2. The zero-order valence-electron chi connectivity index (χ0n) is 10.2. The van der Waals surface area contributed by atoms with Crippen LogP contribution in [0.3, 0.4) is 0 Å². The van der Waals surface area contributed by atoms with Gasteiger partial charge in [0.15, 0.2) is 0 Å². The highest BCUT2D eigenvalue weighted by Crippen LogP contribution is 2.20. The molecule has 0 aromatic rings. The van der Waals surface area contributed by atoms with Crippen LogP contribution in [0.1, 0.15) is 40.0 Å². The summed E-state index contributed by atoms with van der Waals surface area (Å²) in [5.74, 6) is 0.712. The van der Waals surface area contributed by atoms with Gasteiger partial charge in [0.05, 0.1) is 12.6 Å². The predicted octanol–water partition coefficient (Wildman–Crippen LogP) is 2.06. The fourth-order valence-electron chi connectivity index (χ4n) is 2.18. The summed E-state index contributed by atoms with van der Waals surface area (Å²) in [4.78, 5) is 13.6. The van der Waals surface area contributed by atoms with Gasteiger partial charge in [-0.2, -0.15) is 0 Å².